The van der Waals surface area contributed by atoms with Gasteiger partial charge in [0.25, 0.3) is 0 Å². The van der Waals surface area contributed by atoms with Gasteiger partial charge in [0.15, 0.2) is 0 Å². The van der Waals surface area contributed by atoms with Crippen LogP contribution in [-0.2, 0) is 0 Å². The van der Waals surface area contributed by atoms with Crippen molar-refractivity contribution in [1.29, 1.82) is 0 Å². The Labute approximate surface area is 102 Å². The molecule has 4 nitrogen and oxygen atoms in total. The molecule has 0 fully saturated rings. The Kier molecular flexibility index (Phi) is 2.45. The first-order valence-electron chi connectivity index (χ1n) is 5.09. The lowest BCUT2D eigenvalue weighted by atomic mass is 10.3. The predicted molar refractivity (Wildman–Crippen MR) is 67.2 cm³/mol. The first kappa shape index (κ1) is 10.2. The molecular weight excluding hydrogens is 234 g/mol. The number of aromatic nitrogens is 3. The van der Waals surface area contributed by atoms with Gasteiger partial charge in [-0.15, -0.1) is 11.3 Å². The molecule has 0 radical (unpaired) electrons. The predicted octanol–water partition coefficient (Wildman–Crippen LogP) is 2.76. The summed E-state index contributed by atoms with van der Waals surface area (Å²) in [6, 6.07) is 8.42. The third-order valence-corrected chi connectivity index (χ3v) is 3.44. The number of methoxy groups -OCH3 is 1. The van der Waals surface area contributed by atoms with Gasteiger partial charge in [-0.1, -0.05) is 12.1 Å². The summed E-state index contributed by atoms with van der Waals surface area (Å²) in [7, 11) is 1.55. The van der Waals surface area contributed by atoms with Gasteiger partial charge in [0, 0.05) is 18.0 Å². The van der Waals surface area contributed by atoms with E-state index in [-0.39, 0.29) is 0 Å². The third-order valence-electron chi connectivity index (χ3n) is 2.35. The summed E-state index contributed by atoms with van der Waals surface area (Å²) in [6.07, 6.45) is 3.45. The van der Waals surface area contributed by atoms with Gasteiger partial charge in [-0.2, -0.15) is 0 Å². The molecule has 17 heavy (non-hydrogen) atoms. The molecule has 84 valence electrons. The molecule has 3 aromatic rings. The number of benzene rings is 1. The summed E-state index contributed by atoms with van der Waals surface area (Å²) < 4.78 is 6.09. The highest BCUT2D eigenvalue weighted by atomic mass is 32.1. The summed E-state index contributed by atoms with van der Waals surface area (Å²) >= 11 is 1.63. The zero-order valence-electron chi connectivity index (χ0n) is 9.12. The number of fused-ring (bicyclic) bond motifs is 1. The average molecular weight is 243 g/mol. The number of para-hydroxylation sites is 1. The number of ether oxygens (including phenoxy) is 1. The minimum absolute atomic E-state index is 0.370. The highest BCUT2D eigenvalue weighted by Gasteiger charge is 2.06. The van der Waals surface area contributed by atoms with Crippen molar-refractivity contribution in [3.8, 4) is 16.6 Å². The van der Waals surface area contributed by atoms with Gasteiger partial charge >= 0.3 is 6.01 Å². The minimum atomic E-state index is 0.370. The fourth-order valence-corrected chi connectivity index (χ4v) is 2.47. The van der Waals surface area contributed by atoms with Gasteiger partial charge in [-0.05, 0) is 12.1 Å². The number of nitrogens with zero attached hydrogens (tertiary/aromatic N) is 3. The van der Waals surface area contributed by atoms with Crippen molar-refractivity contribution >= 4 is 21.6 Å². The molecule has 0 amide bonds. The molecule has 3 rings (SSSR count). The summed E-state index contributed by atoms with van der Waals surface area (Å²) in [6.45, 7) is 0. The van der Waals surface area contributed by atoms with E-state index in [1.165, 1.54) is 4.70 Å². The van der Waals surface area contributed by atoms with Crippen LogP contribution in [-0.4, -0.2) is 22.1 Å². The monoisotopic (exact) mass is 243 g/mol. The Morgan fingerprint density at radius 2 is 1.88 bits per heavy atom. The van der Waals surface area contributed by atoms with Gasteiger partial charge in [-0.3, -0.25) is 0 Å². The zero-order valence-corrected chi connectivity index (χ0v) is 9.94. The molecule has 0 atom stereocenters. The zero-order chi connectivity index (χ0) is 11.7. The third kappa shape index (κ3) is 1.85. The molecule has 0 saturated carbocycles. The van der Waals surface area contributed by atoms with Crippen LogP contribution in [0.4, 0.5) is 0 Å². The highest BCUT2D eigenvalue weighted by Crippen LogP contribution is 2.29. The molecule has 0 N–H and O–H groups in total. The van der Waals surface area contributed by atoms with Gasteiger partial charge in [0.1, 0.15) is 5.01 Å². The fourth-order valence-electron chi connectivity index (χ4n) is 1.53. The van der Waals surface area contributed by atoms with E-state index in [9.17, 15) is 0 Å². The fraction of sp³-hybridized carbons (Fsp3) is 0.0833. The van der Waals surface area contributed by atoms with Crippen molar-refractivity contribution < 1.29 is 4.74 Å². The molecule has 0 aliphatic carbocycles. The summed E-state index contributed by atoms with van der Waals surface area (Å²) in [5.41, 5.74) is 1.91. The lowest BCUT2D eigenvalue weighted by Crippen LogP contribution is -1.90. The largest absolute Gasteiger partial charge is 0.467 e. The van der Waals surface area contributed by atoms with Crippen molar-refractivity contribution in [2.24, 2.45) is 0 Å². The van der Waals surface area contributed by atoms with E-state index >= 15 is 0 Å². The van der Waals surface area contributed by atoms with Crippen LogP contribution in [0.2, 0.25) is 0 Å². The first-order valence-corrected chi connectivity index (χ1v) is 5.90. The molecule has 0 aliphatic heterocycles. The van der Waals surface area contributed by atoms with Crippen LogP contribution in [0.15, 0.2) is 36.7 Å². The van der Waals surface area contributed by atoms with Crippen molar-refractivity contribution in [2.75, 3.05) is 7.11 Å². The van der Waals surface area contributed by atoms with E-state index in [2.05, 4.69) is 21.0 Å². The molecule has 2 heterocycles. The summed E-state index contributed by atoms with van der Waals surface area (Å²) in [5, 5.41) is 0.925. The second kappa shape index (κ2) is 4.10. The maximum atomic E-state index is 4.92. The lowest BCUT2D eigenvalue weighted by Gasteiger charge is -1.97. The van der Waals surface area contributed by atoms with Crippen molar-refractivity contribution in [3.63, 3.8) is 0 Å². The van der Waals surface area contributed by atoms with Crippen LogP contribution in [0, 0.1) is 0 Å². The maximum Gasteiger partial charge on any atom is 0.316 e. The highest BCUT2D eigenvalue weighted by molar-refractivity contribution is 7.21. The molecular formula is C12H9N3OS. The van der Waals surface area contributed by atoms with E-state index in [4.69, 9.17) is 4.74 Å². The van der Waals surface area contributed by atoms with Crippen LogP contribution < -0.4 is 4.74 Å². The van der Waals surface area contributed by atoms with Crippen molar-refractivity contribution in [1.82, 2.24) is 15.0 Å². The van der Waals surface area contributed by atoms with Crippen LogP contribution in [0.3, 0.4) is 0 Å². The molecule has 0 aliphatic rings. The van der Waals surface area contributed by atoms with E-state index in [1.807, 2.05) is 18.2 Å². The topological polar surface area (TPSA) is 47.9 Å². The standard InChI is InChI=1S/C12H9N3OS/c1-16-12-13-6-8(7-14-12)11-15-9-4-2-3-5-10(9)17-11/h2-7H,1H3. The first-order chi connectivity index (χ1) is 8.36. The van der Waals surface area contributed by atoms with E-state index < -0.39 is 0 Å². The second-order valence-electron chi connectivity index (χ2n) is 3.45. The normalized spacial score (nSPS) is 10.6. The van der Waals surface area contributed by atoms with E-state index in [1.54, 1.807) is 30.8 Å². The Hall–Kier alpha value is -2.01. The molecule has 0 bridgehead atoms. The summed E-state index contributed by atoms with van der Waals surface area (Å²) in [5.74, 6) is 0. The molecule has 2 aromatic heterocycles. The SMILES string of the molecule is COc1ncc(-c2nc3ccccc3s2)cn1. The summed E-state index contributed by atoms with van der Waals surface area (Å²) in [4.78, 5) is 12.7. The maximum absolute atomic E-state index is 4.92. The van der Waals surface area contributed by atoms with Crippen LogP contribution in [0.5, 0.6) is 6.01 Å². The second-order valence-corrected chi connectivity index (χ2v) is 4.48. The van der Waals surface area contributed by atoms with Crippen LogP contribution in [0.1, 0.15) is 0 Å². The molecule has 0 spiro atoms. The van der Waals surface area contributed by atoms with Gasteiger partial charge < -0.3 is 4.74 Å². The van der Waals surface area contributed by atoms with E-state index in [0.29, 0.717) is 6.01 Å². The Bertz CT molecular complexity index is 615. The van der Waals surface area contributed by atoms with E-state index in [0.717, 1.165) is 16.1 Å². The number of thiazole rings is 1. The smallest absolute Gasteiger partial charge is 0.316 e. The molecule has 5 heteroatoms. The Morgan fingerprint density at radius 3 is 2.59 bits per heavy atom. The number of rotatable bonds is 2. The van der Waals surface area contributed by atoms with Crippen LogP contribution in [0.25, 0.3) is 20.8 Å². The quantitative estimate of drug-likeness (QED) is 0.694. The number of hydrogen-bond donors (Lipinski definition) is 0. The molecule has 0 unspecified atom stereocenters. The Morgan fingerprint density at radius 1 is 1.12 bits per heavy atom. The van der Waals surface area contributed by atoms with Gasteiger partial charge in [0.05, 0.1) is 17.3 Å². The molecule has 1 aromatic carbocycles. The van der Waals surface area contributed by atoms with Gasteiger partial charge in [0.2, 0.25) is 0 Å². The average Bonchev–Trinajstić information content (AvgIpc) is 2.82. The van der Waals surface area contributed by atoms with Crippen molar-refractivity contribution in [3.05, 3.63) is 36.7 Å². The van der Waals surface area contributed by atoms with Gasteiger partial charge in [-0.25, -0.2) is 15.0 Å². The minimum Gasteiger partial charge on any atom is -0.467 e. The molecule has 0 saturated heterocycles. The number of hydrogen-bond acceptors (Lipinski definition) is 5. The lowest BCUT2D eigenvalue weighted by molar-refractivity contribution is 0.380. The Balaban J connectivity index is 2.07. The van der Waals surface area contributed by atoms with Crippen LogP contribution >= 0.6 is 11.3 Å². The van der Waals surface area contributed by atoms with Crippen molar-refractivity contribution in [2.45, 2.75) is 0 Å².